The van der Waals surface area contributed by atoms with Crippen LogP contribution in [0.25, 0.3) is 0 Å². The lowest BCUT2D eigenvalue weighted by molar-refractivity contribution is -0.117. The second kappa shape index (κ2) is 10.6. The Morgan fingerprint density at radius 3 is 2.26 bits per heavy atom. The summed E-state index contributed by atoms with van der Waals surface area (Å²) in [6.07, 6.45) is 0.0293. The van der Waals surface area contributed by atoms with Gasteiger partial charge in [0.2, 0.25) is 0 Å². The molecule has 0 amide bonds. The molecule has 6 nitrogen and oxygen atoms in total. The average Bonchev–Trinajstić information content (AvgIpc) is 2.97. The van der Waals surface area contributed by atoms with E-state index < -0.39 is 27.6 Å². The first-order valence-electron chi connectivity index (χ1n) is 11.1. The number of nitrogens with zero attached hydrogens (tertiary/aromatic N) is 3. The quantitative estimate of drug-likeness (QED) is 0.485. The monoisotopic (exact) mass is 540 g/mol. The molecule has 0 atom stereocenters. The predicted octanol–water partition coefficient (Wildman–Crippen LogP) is 5.42. The zero-order valence-corrected chi connectivity index (χ0v) is 21.7. The third-order valence-corrected chi connectivity index (χ3v) is 8.85. The van der Waals surface area contributed by atoms with Crippen LogP contribution in [0.2, 0.25) is 10.0 Å². The minimum atomic E-state index is -4.80. The van der Waals surface area contributed by atoms with Gasteiger partial charge in [-0.05, 0) is 76.2 Å². The first-order chi connectivity index (χ1) is 15.8. The Kier molecular flexibility index (Phi) is 8.48. The standard InChI is InChI=1S/C22H29Cl2F3N4O2S/c1-14-20(15(2)30(3)29-14)31(13-22(25,26)27)34(32,33)21-18(23)11-17(12-19(21)24)6-4-5-16-7-9-28-10-8-16/h11-12,16,28H,4-10,13H2,1-3H3. The Morgan fingerprint density at radius 1 is 1.18 bits per heavy atom. The number of halogens is 5. The van der Waals surface area contributed by atoms with Crippen molar-refractivity contribution >= 4 is 38.9 Å². The largest absolute Gasteiger partial charge is 0.407 e. The van der Waals surface area contributed by atoms with E-state index in [1.165, 1.54) is 37.7 Å². The summed E-state index contributed by atoms with van der Waals surface area (Å²) in [6.45, 7) is 3.25. The van der Waals surface area contributed by atoms with E-state index in [0.29, 0.717) is 16.6 Å². The number of nitrogens with one attached hydrogen (secondary N) is 1. The number of benzene rings is 1. The lowest BCUT2D eigenvalue weighted by Gasteiger charge is -2.27. The summed E-state index contributed by atoms with van der Waals surface area (Å²) in [5, 5.41) is 7.01. The van der Waals surface area contributed by atoms with Crippen molar-refractivity contribution in [2.45, 2.75) is 57.0 Å². The highest BCUT2D eigenvalue weighted by molar-refractivity contribution is 7.93. The fourth-order valence-corrected chi connectivity index (χ4v) is 7.22. The van der Waals surface area contributed by atoms with Crippen molar-refractivity contribution in [1.29, 1.82) is 0 Å². The maximum absolute atomic E-state index is 13.5. The normalized spacial score (nSPS) is 15.6. The molecule has 1 aromatic heterocycles. The number of rotatable bonds is 8. The molecule has 1 aliphatic heterocycles. The molecule has 1 N–H and O–H groups in total. The Morgan fingerprint density at radius 2 is 1.76 bits per heavy atom. The van der Waals surface area contributed by atoms with Gasteiger partial charge in [0.05, 0.1) is 27.1 Å². The maximum Gasteiger partial charge on any atom is 0.407 e. The van der Waals surface area contributed by atoms with Crippen LogP contribution in [0.4, 0.5) is 18.9 Å². The van der Waals surface area contributed by atoms with E-state index in [4.69, 9.17) is 23.2 Å². The first kappa shape index (κ1) is 27.1. The highest BCUT2D eigenvalue weighted by atomic mass is 35.5. The molecule has 2 aromatic rings. The molecule has 0 aliphatic carbocycles. The van der Waals surface area contributed by atoms with Crippen LogP contribution in [0.1, 0.15) is 42.6 Å². The van der Waals surface area contributed by atoms with Crippen LogP contribution < -0.4 is 9.62 Å². The van der Waals surface area contributed by atoms with Crippen LogP contribution in [0.5, 0.6) is 0 Å². The Labute approximate surface area is 208 Å². The molecule has 0 bridgehead atoms. The zero-order chi connectivity index (χ0) is 25.3. The smallest absolute Gasteiger partial charge is 0.317 e. The minimum absolute atomic E-state index is 0.141. The van der Waals surface area contributed by atoms with E-state index in [-0.39, 0.29) is 27.1 Å². The fraction of sp³-hybridized carbons (Fsp3) is 0.591. The molecule has 3 rings (SSSR count). The predicted molar refractivity (Wildman–Crippen MR) is 128 cm³/mol. The van der Waals surface area contributed by atoms with Crippen molar-refractivity contribution in [3.63, 3.8) is 0 Å². The molecule has 0 saturated carbocycles. The molecule has 2 heterocycles. The molecule has 34 heavy (non-hydrogen) atoms. The number of aromatic nitrogens is 2. The Balaban J connectivity index is 1.92. The summed E-state index contributed by atoms with van der Waals surface area (Å²) < 4.78 is 69.0. The maximum atomic E-state index is 13.5. The van der Waals surface area contributed by atoms with Gasteiger partial charge >= 0.3 is 6.18 Å². The number of hydrogen-bond donors (Lipinski definition) is 1. The van der Waals surface area contributed by atoms with Crippen molar-refractivity contribution < 1.29 is 21.6 Å². The van der Waals surface area contributed by atoms with Crippen molar-refractivity contribution in [1.82, 2.24) is 15.1 Å². The van der Waals surface area contributed by atoms with Gasteiger partial charge in [-0.2, -0.15) is 18.3 Å². The molecular weight excluding hydrogens is 512 g/mol. The molecule has 1 aromatic carbocycles. The van der Waals surface area contributed by atoms with E-state index in [0.717, 1.165) is 44.3 Å². The highest BCUT2D eigenvalue weighted by Crippen LogP contribution is 2.38. The van der Waals surface area contributed by atoms with E-state index in [1.54, 1.807) is 0 Å². The number of piperidine rings is 1. The number of anilines is 1. The van der Waals surface area contributed by atoms with Gasteiger partial charge in [-0.25, -0.2) is 8.42 Å². The Bertz CT molecular complexity index is 1110. The van der Waals surface area contributed by atoms with Gasteiger partial charge in [0, 0.05) is 7.05 Å². The van der Waals surface area contributed by atoms with Crippen LogP contribution in [0.3, 0.4) is 0 Å². The van der Waals surface area contributed by atoms with E-state index >= 15 is 0 Å². The molecule has 1 saturated heterocycles. The number of alkyl halides is 3. The number of sulfonamides is 1. The average molecular weight is 541 g/mol. The molecular formula is C22H29Cl2F3N4O2S. The SMILES string of the molecule is Cc1nn(C)c(C)c1N(CC(F)(F)F)S(=O)(=O)c1c(Cl)cc(CCCC2CCNCC2)cc1Cl. The van der Waals surface area contributed by atoms with Gasteiger partial charge in [0.15, 0.2) is 0 Å². The van der Waals surface area contributed by atoms with E-state index in [9.17, 15) is 21.6 Å². The molecule has 190 valence electrons. The van der Waals surface area contributed by atoms with Crippen molar-refractivity contribution in [3.05, 3.63) is 39.1 Å². The van der Waals surface area contributed by atoms with Gasteiger partial charge in [-0.1, -0.05) is 29.6 Å². The third kappa shape index (κ3) is 6.19. The molecule has 0 radical (unpaired) electrons. The van der Waals surface area contributed by atoms with Crippen molar-refractivity contribution in [2.24, 2.45) is 13.0 Å². The lowest BCUT2D eigenvalue weighted by Crippen LogP contribution is -2.40. The molecule has 0 spiro atoms. The van der Waals surface area contributed by atoms with E-state index in [1.807, 2.05) is 0 Å². The van der Waals surface area contributed by atoms with E-state index in [2.05, 4.69) is 10.4 Å². The van der Waals surface area contributed by atoms with Gasteiger partial charge in [0.25, 0.3) is 10.0 Å². The summed E-state index contributed by atoms with van der Waals surface area (Å²) in [4.78, 5) is -0.537. The van der Waals surface area contributed by atoms with Crippen LogP contribution >= 0.6 is 23.2 Å². The Hall–Kier alpha value is -1.49. The first-order valence-corrected chi connectivity index (χ1v) is 13.3. The zero-order valence-electron chi connectivity index (χ0n) is 19.3. The van der Waals surface area contributed by atoms with Gasteiger partial charge in [-0.15, -0.1) is 0 Å². The summed E-state index contributed by atoms with van der Waals surface area (Å²) in [6, 6.07) is 2.97. The fourth-order valence-electron chi connectivity index (χ4n) is 4.45. The summed E-state index contributed by atoms with van der Waals surface area (Å²) in [7, 11) is -3.21. The molecule has 0 unspecified atom stereocenters. The van der Waals surface area contributed by atoms with Gasteiger partial charge in [0.1, 0.15) is 11.4 Å². The van der Waals surface area contributed by atoms with Crippen molar-refractivity contribution in [2.75, 3.05) is 23.9 Å². The van der Waals surface area contributed by atoms with Crippen LogP contribution in [0, 0.1) is 19.8 Å². The molecule has 1 fully saturated rings. The van der Waals surface area contributed by atoms with Crippen LogP contribution in [-0.4, -0.2) is 44.0 Å². The topological polar surface area (TPSA) is 67.2 Å². The summed E-state index contributed by atoms with van der Waals surface area (Å²) in [5.41, 5.74) is 1.03. The van der Waals surface area contributed by atoms with Gasteiger partial charge < -0.3 is 5.32 Å². The number of hydrogen-bond acceptors (Lipinski definition) is 4. The second-order valence-corrected chi connectivity index (χ2v) is 11.4. The molecule has 12 heteroatoms. The van der Waals surface area contributed by atoms with Gasteiger partial charge in [-0.3, -0.25) is 8.99 Å². The second-order valence-electron chi connectivity index (χ2n) is 8.74. The summed E-state index contributed by atoms with van der Waals surface area (Å²) >= 11 is 12.7. The van der Waals surface area contributed by atoms with Crippen LogP contribution in [0.15, 0.2) is 17.0 Å². The highest BCUT2D eigenvalue weighted by Gasteiger charge is 2.41. The third-order valence-electron chi connectivity index (χ3n) is 6.19. The summed E-state index contributed by atoms with van der Waals surface area (Å²) in [5.74, 6) is 0.647. The minimum Gasteiger partial charge on any atom is -0.317 e. The molecule has 1 aliphatic rings. The lowest BCUT2D eigenvalue weighted by atomic mass is 9.92. The van der Waals surface area contributed by atoms with Crippen molar-refractivity contribution in [3.8, 4) is 0 Å². The van der Waals surface area contributed by atoms with Crippen LogP contribution in [-0.2, 0) is 23.5 Å². The number of aryl methyl sites for hydroxylation is 3.